The van der Waals surface area contributed by atoms with Crippen molar-refractivity contribution >= 4 is 17.4 Å². The molecule has 1 nitrogen and oxygen atoms in total. The first-order chi connectivity index (χ1) is 6.04. The molecule has 0 spiro atoms. The Hall–Kier alpha value is -0.720. The van der Waals surface area contributed by atoms with E-state index < -0.39 is 34.7 Å². The molecule has 0 radical (unpaired) electrons. The summed E-state index contributed by atoms with van der Waals surface area (Å²) in [6.07, 6.45) is -0.672. The lowest BCUT2D eigenvalue weighted by Crippen LogP contribution is -2.60. The van der Waals surface area contributed by atoms with Crippen molar-refractivity contribution in [3.8, 4) is 0 Å². The number of Topliss-reactive ketones (excluding diaryl/α,β-unsaturated/α-hetero) is 1. The number of alkyl halides is 6. The predicted molar refractivity (Wildman–Crippen MR) is 33.8 cm³/mol. The Morgan fingerprint density at radius 1 is 1.07 bits per heavy atom. The predicted octanol–water partition coefficient (Wildman–Crippen LogP) is 2.60. The monoisotopic (exact) mass is 238 g/mol. The van der Waals surface area contributed by atoms with Gasteiger partial charge in [0, 0.05) is 6.08 Å². The normalized spacial score (nSPS) is 28.5. The van der Waals surface area contributed by atoms with E-state index in [1.807, 2.05) is 0 Å². The van der Waals surface area contributed by atoms with E-state index in [2.05, 4.69) is 11.6 Å². The molecule has 0 bridgehead atoms. The van der Waals surface area contributed by atoms with Crippen LogP contribution in [0.4, 0.5) is 26.3 Å². The number of hydrogen-bond donors (Lipinski definition) is 0. The average molecular weight is 239 g/mol. The number of carbonyl (C=O) groups is 1. The van der Waals surface area contributed by atoms with Crippen LogP contribution in [0.5, 0.6) is 0 Å². The first-order valence-electron chi connectivity index (χ1n) is 3.10. The summed E-state index contributed by atoms with van der Waals surface area (Å²) < 4.78 is 74.3. The van der Waals surface area contributed by atoms with Gasteiger partial charge < -0.3 is 0 Å². The van der Waals surface area contributed by atoms with Gasteiger partial charge in [-0.15, -0.1) is 0 Å². The molecule has 0 unspecified atom stereocenters. The van der Waals surface area contributed by atoms with Crippen molar-refractivity contribution in [1.82, 2.24) is 0 Å². The van der Waals surface area contributed by atoms with E-state index in [9.17, 15) is 31.1 Å². The van der Waals surface area contributed by atoms with Crippen molar-refractivity contribution in [3.05, 3.63) is 11.1 Å². The zero-order valence-electron chi connectivity index (χ0n) is 6.13. The molecular formula is C6HClF6O. The Morgan fingerprint density at radius 2 is 1.50 bits per heavy atom. The van der Waals surface area contributed by atoms with Crippen LogP contribution in [0.3, 0.4) is 0 Å². The summed E-state index contributed by atoms with van der Waals surface area (Å²) in [5, 5.41) is -1.59. The van der Waals surface area contributed by atoms with Crippen LogP contribution in [0.25, 0.3) is 0 Å². The number of hydrogen-bond acceptors (Lipinski definition) is 1. The number of allylic oxidation sites excluding steroid dienone is 2. The van der Waals surface area contributed by atoms with E-state index in [0.29, 0.717) is 0 Å². The van der Waals surface area contributed by atoms with Crippen LogP contribution in [0.1, 0.15) is 0 Å². The summed E-state index contributed by atoms with van der Waals surface area (Å²) in [4.78, 5) is 10.4. The highest BCUT2D eigenvalue weighted by Gasteiger charge is 2.76. The lowest BCUT2D eigenvalue weighted by Gasteiger charge is -2.33. The zero-order chi connectivity index (χ0) is 11.4. The first kappa shape index (κ1) is 11.4. The van der Waals surface area contributed by atoms with E-state index in [4.69, 9.17) is 0 Å². The molecule has 0 saturated heterocycles. The molecule has 0 amide bonds. The standard InChI is InChI=1S/C6HClF6O/c7-2-1-4(8,9)6(12,13)5(10,11)3(2)14/h1H. The molecule has 1 rings (SSSR count). The molecular weight excluding hydrogens is 238 g/mol. The van der Waals surface area contributed by atoms with E-state index in [1.165, 1.54) is 0 Å². The van der Waals surface area contributed by atoms with E-state index in [0.717, 1.165) is 0 Å². The summed E-state index contributed by atoms with van der Waals surface area (Å²) >= 11 is 4.68. The Kier molecular flexibility index (Phi) is 2.15. The summed E-state index contributed by atoms with van der Waals surface area (Å²) in [6, 6.07) is 0. The Balaban J connectivity index is 3.42. The Morgan fingerprint density at radius 3 is 1.93 bits per heavy atom. The van der Waals surface area contributed by atoms with Crippen LogP contribution in [0.2, 0.25) is 0 Å². The number of carbonyl (C=O) groups excluding carboxylic acids is 1. The van der Waals surface area contributed by atoms with Crippen molar-refractivity contribution in [1.29, 1.82) is 0 Å². The van der Waals surface area contributed by atoms with Crippen molar-refractivity contribution in [2.24, 2.45) is 0 Å². The molecule has 14 heavy (non-hydrogen) atoms. The van der Waals surface area contributed by atoms with Gasteiger partial charge in [-0.1, -0.05) is 11.6 Å². The molecule has 0 atom stereocenters. The molecule has 0 N–H and O–H groups in total. The van der Waals surface area contributed by atoms with Gasteiger partial charge in [-0.05, 0) is 0 Å². The SMILES string of the molecule is O=C1C(Cl)=CC(F)(F)C(F)(F)C1(F)F. The maximum Gasteiger partial charge on any atom is 0.383 e. The molecule has 0 saturated carbocycles. The highest BCUT2D eigenvalue weighted by molar-refractivity contribution is 6.44. The van der Waals surface area contributed by atoms with Gasteiger partial charge in [0.15, 0.2) is 0 Å². The largest absolute Gasteiger partial charge is 0.383 e. The fourth-order valence-corrected chi connectivity index (χ4v) is 1.07. The molecule has 0 fully saturated rings. The highest BCUT2D eigenvalue weighted by atomic mass is 35.5. The summed E-state index contributed by atoms with van der Waals surface area (Å²) in [5.74, 6) is -18.9. The van der Waals surface area contributed by atoms with Gasteiger partial charge >= 0.3 is 17.8 Å². The van der Waals surface area contributed by atoms with Gasteiger partial charge in [-0.2, -0.15) is 26.3 Å². The van der Waals surface area contributed by atoms with Crippen LogP contribution in [-0.2, 0) is 4.79 Å². The minimum Gasteiger partial charge on any atom is -0.286 e. The molecule has 0 aromatic heterocycles. The zero-order valence-corrected chi connectivity index (χ0v) is 6.89. The highest BCUT2D eigenvalue weighted by Crippen LogP contribution is 2.51. The van der Waals surface area contributed by atoms with Crippen LogP contribution in [0.15, 0.2) is 11.1 Å². The van der Waals surface area contributed by atoms with Crippen molar-refractivity contribution < 1.29 is 31.1 Å². The average Bonchev–Trinajstić information content (AvgIpc) is 1.99. The topological polar surface area (TPSA) is 17.1 Å². The Labute approximate surface area is 78.3 Å². The van der Waals surface area contributed by atoms with Crippen LogP contribution >= 0.6 is 11.6 Å². The summed E-state index contributed by atoms with van der Waals surface area (Å²) in [6.45, 7) is 0. The van der Waals surface area contributed by atoms with Crippen LogP contribution in [-0.4, -0.2) is 23.6 Å². The van der Waals surface area contributed by atoms with Crippen molar-refractivity contribution in [3.63, 3.8) is 0 Å². The van der Waals surface area contributed by atoms with Crippen LogP contribution in [0, 0.1) is 0 Å². The first-order valence-corrected chi connectivity index (χ1v) is 3.48. The number of rotatable bonds is 0. The summed E-state index contributed by atoms with van der Waals surface area (Å²) in [7, 11) is 0. The fraction of sp³-hybridized carbons (Fsp3) is 0.500. The lowest BCUT2D eigenvalue weighted by molar-refractivity contribution is -0.282. The maximum absolute atomic E-state index is 12.4. The van der Waals surface area contributed by atoms with Gasteiger partial charge in [0.2, 0.25) is 5.78 Å². The van der Waals surface area contributed by atoms with Gasteiger partial charge in [-0.25, -0.2) is 0 Å². The third-order valence-corrected chi connectivity index (χ3v) is 1.90. The molecule has 0 aromatic carbocycles. The Bertz CT molecular complexity index is 320. The third kappa shape index (κ3) is 1.14. The van der Waals surface area contributed by atoms with E-state index >= 15 is 0 Å². The smallest absolute Gasteiger partial charge is 0.286 e. The molecule has 0 heterocycles. The number of halogens is 7. The second-order valence-corrected chi connectivity index (χ2v) is 3.00. The third-order valence-electron chi connectivity index (χ3n) is 1.62. The maximum atomic E-state index is 12.4. The van der Waals surface area contributed by atoms with Crippen molar-refractivity contribution in [2.45, 2.75) is 17.8 Å². The second kappa shape index (κ2) is 2.65. The van der Waals surface area contributed by atoms with E-state index in [1.54, 1.807) is 0 Å². The molecule has 80 valence electrons. The molecule has 1 aliphatic carbocycles. The van der Waals surface area contributed by atoms with Crippen LogP contribution < -0.4 is 0 Å². The molecule has 0 aromatic rings. The van der Waals surface area contributed by atoms with Gasteiger partial charge in [0.05, 0.1) is 5.03 Å². The quantitative estimate of drug-likeness (QED) is 0.593. The van der Waals surface area contributed by atoms with Crippen molar-refractivity contribution in [2.75, 3.05) is 0 Å². The minimum absolute atomic E-state index is 0.672. The van der Waals surface area contributed by atoms with Gasteiger partial charge in [-0.3, -0.25) is 4.79 Å². The molecule has 1 aliphatic rings. The second-order valence-electron chi connectivity index (χ2n) is 2.59. The number of ketones is 1. The van der Waals surface area contributed by atoms with E-state index in [-0.39, 0.29) is 0 Å². The lowest BCUT2D eigenvalue weighted by atomic mass is 9.94. The van der Waals surface area contributed by atoms with Gasteiger partial charge in [0.1, 0.15) is 0 Å². The fourth-order valence-electron chi connectivity index (χ4n) is 0.817. The summed E-state index contributed by atoms with van der Waals surface area (Å²) in [5.41, 5.74) is 0. The molecule has 0 aliphatic heterocycles. The minimum atomic E-state index is -5.75. The molecule has 8 heteroatoms. The van der Waals surface area contributed by atoms with Gasteiger partial charge in [0.25, 0.3) is 0 Å².